The zero-order chi connectivity index (χ0) is 14.7. The average molecular weight is 281 g/mol. The molecule has 0 radical (unpaired) electrons. The van der Waals surface area contributed by atoms with Gasteiger partial charge in [-0.1, -0.05) is 24.3 Å². The van der Waals surface area contributed by atoms with Crippen LogP contribution in [-0.4, -0.2) is 29.4 Å². The predicted molar refractivity (Wildman–Crippen MR) is 83.3 cm³/mol. The maximum Gasteiger partial charge on any atom is 0.254 e. The summed E-state index contributed by atoms with van der Waals surface area (Å²) in [6.07, 6.45) is 3.72. The topological polar surface area (TPSA) is 45.2 Å². The number of carbonyl (C=O) groups excluding carboxylic acids is 1. The van der Waals surface area contributed by atoms with Gasteiger partial charge in [-0.15, -0.1) is 0 Å². The Labute approximate surface area is 124 Å². The first-order chi connectivity index (χ1) is 10.3. The normalized spacial score (nSPS) is 14.2. The zero-order valence-electron chi connectivity index (χ0n) is 12.2. The maximum absolute atomic E-state index is 12.7. The Morgan fingerprint density at radius 3 is 2.86 bits per heavy atom. The highest BCUT2D eigenvalue weighted by atomic mass is 16.2. The Morgan fingerprint density at radius 1 is 1.24 bits per heavy atom. The molecule has 1 N–H and O–H groups in total. The molecule has 1 amide bonds. The van der Waals surface area contributed by atoms with Crippen molar-refractivity contribution in [2.45, 2.75) is 19.4 Å². The Balaban J connectivity index is 1.84. The monoisotopic (exact) mass is 281 g/mol. The van der Waals surface area contributed by atoms with Crippen LogP contribution in [0.5, 0.6) is 0 Å². The summed E-state index contributed by atoms with van der Waals surface area (Å²) >= 11 is 0. The van der Waals surface area contributed by atoms with Gasteiger partial charge in [0.15, 0.2) is 0 Å². The minimum atomic E-state index is 0.0746. The molecule has 4 heteroatoms. The molecule has 4 nitrogen and oxygen atoms in total. The lowest BCUT2D eigenvalue weighted by Gasteiger charge is -2.21. The molecular formula is C17H19N3O. The van der Waals surface area contributed by atoms with E-state index in [2.05, 4.69) is 28.5 Å². The molecule has 1 aliphatic rings. The van der Waals surface area contributed by atoms with E-state index in [0.717, 1.165) is 25.2 Å². The van der Waals surface area contributed by atoms with Crippen LogP contribution in [0, 0.1) is 0 Å². The number of rotatable bonds is 2. The Kier molecular flexibility index (Phi) is 3.86. The minimum absolute atomic E-state index is 0.0746. The van der Waals surface area contributed by atoms with E-state index in [1.807, 2.05) is 11.0 Å². The van der Waals surface area contributed by atoms with Gasteiger partial charge in [-0.25, -0.2) is 4.98 Å². The fraction of sp³-hybridized carbons (Fsp3) is 0.294. The fourth-order valence-electron chi connectivity index (χ4n) is 2.76. The van der Waals surface area contributed by atoms with Crippen molar-refractivity contribution >= 4 is 11.7 Å². The number of nitrogens with zero attached hydrogens (tertiary/aromatic N) is 2. The van der Waals surface area contributed by atoms with E-state index < -0.39 is 0 Å². The molecule has 3 rings (SSSR count). The van der Waals surface area contributed by atoms with Gasteiger partial charge in [0, 0.05) is 31.9 Å². The van der Waals surface area contributed by atoms with Crippen molar-refractivity contribution in [2.75, 3.05) is 18.9 Å². The predicted octanol–water partition coefficient (Wildman–Crippen LogP) is 2.71. The van der Waals surface area contributed by atoms with E-state index in [1.165, 1.54) is 11.1 Å². The average Bonchev–Trinajstić information content (AvgIpc) is 2.76. The molecule has 0 atom stereocenters. The summed E-state index contributed by atoms with van der Waals surface area (Å²) in [7, 11) is 1.80. The molecular weight excluding hydrogens is 262 g/mol. The third kappa shape index (κ3) is 2.89. The second-order valence-electron chi connectivity index (χ2n) is 5.28. The van der Waals surface area contributed by atoms with E-state index in [0.29, 0.717) is 12.1 Å². The van der Waals surface area contributed by atoms with E-state index in [1.54, 1.807) is 25.4 Å². The van der Waals surface area contributed by atoms with E-state index in [-0.39, 0.29) is 5.91 Å². The lowest BCUT2D eigenvalue weighted by molar-refractivity contribution is 0.0746. The van der Waals surface area contributed by atoms with E-state index in [9.17, 15) is 4.79 Å². The molecule has 1 aromatic heterocycles. The highest BCUT2D eigenvalue weighted by Gasteiger charge is 2.20. The van der Waals surface area contributed by atoms with Crippen molar-refractivity contribution in [1.29, 1.82) is 0 Å². The van der Waals surface area contributed by atoms with Crippen LogP contribution in [0.25, 0.3) is 0 Å². The van der Waals surface area contributed by atoms with Crippen molar-refractivity contribution in [3.63, 3.8) is 0 Å². The van der Waals surface area contributed by atoms with Crippen LogP contribution in [0.1, 0.15) is 27.9 Å². The van der Waals surface area contributed by atoms with Crippen LogP contribution < -0.4 is 5.32 Å². The van der Waals surface area contributed by atoms with Gasteiger partial charge in [0.1, 0.15) is 5.82 Å². The van der Waals surface area contributed by atoms with Gasteiger partial charge < -0.3 is 10.2 Å². The van der Waals surface area contributed by atoms with Crippen molar-refractivity contribution in [3.8, 4) is 0 Å². The number of benzene rings is 1. The number of aryl methyl sites for hydroxylation is 1. The molecule has 0 unspecified atom stereocenters. The molecule has 2 heterocycles. The lowest BCUT2D eigenvalue weighted by Crippen LogP contribution is -2.30. The molecule has 0 bridgehead atoms. The highest BCUT2D eigenvalue weighted by Crippen LogP contribution is 2.20. The molecule has 0 aliphatic carbocycles. The van der Waals surface area contributed by atoms with Gasteiger partial charge in [0.25, 0.3) is 5.91 Å². The summed E-state index contributed by atoms with van der Waals surface area (Å²) in [5, 5.41) is 2.97. The first kappa shape index (κ1) is 13.6. The second-order valence-corrected chi connectivity index (χ2v) is 5.28. The molecule has 21 heavy (non-hydrogen) atoms. The molecule has 0 saturated carbocycles. The molecule has 1 aliphatic heterocycles. The van der Waals surface area contributed by atoms with Crippen molar-refractivity contribution in [1.82, 2.24) is 9.88 Å². The number of fused-ring (bicyclic) bond motifs is 1. The number of anilines is 1. The quantitative estimate of drug-likeness (QED) is 0.920. The van der Waals surface area contributed by atoms with Gasteiger partial charge in [-0.3, -0.25) is 4.79 Å². The van der Waals surface area contributed by atoms with Crippen molar-refractivity contribution in [2.24, 2.45) is 0 Å². The molecule has 2 aromatic rings. The Morgan fingerprint density at radius 2 is 2.05 bits per heavy atom. The van der Waals surface area contributed by atoms with Crippen molar-refractivity contribution in [3.05, 3.63) is 59.3 Å². The van der Waals surface area contributed by atoms with Crippen LogP contribution >= 0.6 is 0 Å². The standard InChI is InChI=1S/C17H19N3O/c1-18-16-11-14(8-9-19-16)17(21)20-10-4-7-13-5-2-3-6-15(13)12-20/h2-3,5-6,8-9,11H,4,7,10,12H2,1H3,(H,18,19). The van der Waals surface area contributed by atoms with Crippen LogP contribution in [0.4, 0.5) is 5.82 Å². The van der Waals surface area contributed by atoms with E-state index >= 15 is 0 Å². The number of pyridine rings is 1. The van der Waals surface area contributed by atoms with Gasteiger partial charge in [-0.2, -0.15) is 0 Å². The highest BCUT2D eigenvalue weighted by molar-refractivity contribution is 5.94. The van der Waals surface area contributed by atoms with Gasteiger partial charge in [-0.05, 0) is 36.1 Å². The third-order valence-electron chi connectivity index (χ3n) is 3.90. The number of nitrogens with one attached hydrogen (secondary N) is 1. The molecule has 0 saturated heterocycles. The van der Waals surface area contributed by atoms with Crippen LogP contribution in [0.15, 0.2) is 42.6 Å². The summed E-state index contributed by atoms with van der Waals surface area (Å²) in [5.74, 6) is 0.793. The number of amides is 1. The first-order valence-electron chi connectivity index (χ1n) is 7.28. The summed E-state index contributed by atoms with van der Waals surface area (Å²) < 4.78 is 0. The number of hydrogen-bond donors (Lipinski definition) is 1. The smallest absolute Gasteiger partial charge is 0.254 e. The molecule has 0 spiro atoms. The van der Waals surface area contributed by atoms with Gasteiger partial charge >= 0.3 is 0 Å². The van der Waals surface area contributed by atoms with Crippen molar-refractivity contribution < 1.29 is 4.79 Å². The lowest BCUT2D eigenvalue weighted by atomic mass is 10.0. The SMILES string of the molecule is CNc1cc(C(=O)N2CCCc3ccccc3C2)ccn1. The summed E-state index contributed by atoms with van der Waals surface area (Å²) in [6.45, 7) is 1.48. The fourth-order valence-corrected chi connectivity index (χ4v) is 2.76. The zero-order valence-corrected chi connectivity index (χ0v) is 12.2. The van der Waals surface area contributed by atoms with Crippen LogP contribution in [0.2, 0.25) is 0 Å². The molecule has 1 aromatic carbocycles. The van der Waals surface area contributed by atoms with Crippen LogP contribution in [-0.2, 0) is 13.0 Å². The Hall–Kier alpha value is -2.36. The summed E-state index contributed by atoms with van der Waals surface area (Å²) in [6, 6.07) is 12.0. The van der Waals surface area contributed by atoms with Gasteiger partial charge in [0.2, 0.25) is 0 Å². The Bertz CT molecular complexity index is 654. The summed E-state index contributed by atoms with van der Waals surface area (Å²) in [5.41, 5.74) is 3.30. The largest absolute Gasteiger partial charge is 0.373 e. The number of aromatic nitrogens is 1. The molecule has 0 fully saturated rings. The minimum Gasteiger partial charge on any atom is -0.373 e. The first-order valence-corrected chi connectivity index (χ1v) is 7.28. The van der Waals surface area contributed by atoms with E-state index in [4.69, 9.17) is 0 Å². The molecule has 108 valence electrons. The number of hydrogen-bond acceptors (Lipinski definition) is 3. The third-order valence-corrected chi connectivity index (χ3v) is 3.90. The van der Waals surface area contributed by atoms with Gasteiger partial charge in [0.05, 0.1) is 0 Å². The number of carbonyl (C=O) groups is 1. The maximum atomic E-state index is 12.7. The second kappa shape index (κ2) is 5.95. The van der Waals surface area contributed by atoms with Crippen LogP contribution in [0.3, 0.4) is 0 Å². The summed E-state index contributed by atoms with van der Waals surface area (Å²) in [4.78, 5) is 18.8.